The molecule has 15 heteroatoms. The third-order valence-electron chi connectivity index (χ3n) is 2.79. The molecule has 140 valence electrons. The Kier molecular flexibility index (Phi) is 5.20. The largest absolute Gasteiger partial charge is 0.460 e. The van der Waals surface area contributed by atoms with Gasteiger partial charge in [0.1, 0.15) is 0 Å². The Labute approximate surface area is 125 Å². The van der Waals surface area contributed by atoms with E-state index in [1.807, 2.05) is 0 Å². The number of halogens is 14. The van der Waals surface area contributed by atoms with Crippen LogP contribution in [0.25, 0.3) is 0 Å². The van der Waals surface area contributed by atoms with Crippen LogP contribution in [0.3, 0.4) is 0 Å². The van der Waals surface area contributed by atoms with Crippen molar-refractivity contribution >= 4 is 18.5 Å². The monoisotopic (exact) mass is 412 g/mol. The number of rotatable bonds is 4. The summed E-state index contributed by atoms with van der Waals surface area (Å²) >= 11 is 4.78. The topological polar surface area (TPSA) is 0 Å². The third kappa shape index (κ3) is 2.89. The molecule has 0 aliphatic rings. The lowest BCUT2D eigenvalue weighted by atomic mass is 9.98. The molecule has 0 rings (SSSR count). The van der Waals surface area contributed by atoms with Gasteiger partial charge in [0, 0.05) is 0 Å². The lowest BCUT2D eigenvalue weighted by molar-refractivity contribution is -0.421. The van der Waals surface area contributed by atoms with Crippen LogP contribution in [0.2, 0.25) is 13.1 Å². The fourth-order valence-corrected chi connectivity index (χ4v) is 3.74. The average molecular weight is 413 g/mol. The molecule has 0 aliphatic carbocycles. The minimum atomic E-state index is -7.76. The van der Waals surface area contributed by atoms with Crippen LogP contribution in [0, 0.1) is 0 Å². The summed E-state index contributed by atoms with van der Waals surface area (Å²) in [4.78, 5) is 0. The second-order valence-corrected chi connectivity index (χ2v) is 11.3. The molecule has 1 unspecified atom stereocenters. The summed E-state index contributed by atoms with van der Waals surface area (Å²) in [5.74, 6) is -22.9. The van der Waals surface area contributed by atoms with Crippen molar-refractivity contribution in [3.63, 3.8) is 0 Å². The zero-order valence-electron chi connectivity index (χ0n) is 10.8. The highest BCUT2D eigenvalue weighted by atomic mass is 35.6. The minimum absolute atomic E-state index is 0.0994. The number of alkyl halides is 13. The molecule has 0 fully saturated rings. The highest BCUT2D eigenvalue weighted by Gasteiger charge is 2.92. The van der Waals surface area contributed by atoms with Gasteiger partial charge in [-0.2, -0.15) is 63.8 Å². The summed E-state index contributed by atoms with van der Waals surface area (Å²) < 4.78 is 165. The SMILES string of the molecule is C[Si](C)(Cl)C(F)(C(F)(F)F)C(F)(F)C(F)(F)C(F)(F)C(F)(F)F. The summed E-state index contributed by atoms with van der Waals surface area (Å²) in [7, 11) is -5.68. The Hall–Kier alpha value is -0.403. The molecule has 0 aromatic rings. The van der Waals surface area contributed by atoms with Crippen LogP contribution < -0.4 is 0 Å². The van der Waals surface area contributed by atoms with Gasteiger partial charge in [-0.05, 0) is 0 Å². The van der Waals surface area contributed by atoms with Crippen LogP contribution in [0.5, 0.6) is 0 Å². The summed E-state index contributed by atoms with van der Waals surface area (Å²) in [5, 5.41) is -6.48. The fourth-order valence-electron chi connectivity index (χ4n) is 1.48. The van der Waals surface area contributed by atoms with E-state index in [1.165, 1.54) is 0 Å². The van der Waals surface area contributed by atoms with E-state index in [9.17, 15) is 57.1 Å². The minimum Gasteiger partial charge on any atom is -0.229 e. The van der Waals surface area contributed by atoms with E-state index >= 15 is 0 Å². The van der Waals surface area contributed by atoms with E-state index < -0.39 is 42.8 Å². The predicted molar refractivity (Wildman–Crippen MR) is 54.1 cm³/mol. The van der Waals surface area contributed by atoms with Gasteiger partial charge in [0.05, 0.1) is 0 Å². The molecule has 0 nitrogen and oxygen atoms in total. The predicted octanol–water partition coefficient (Wildman–Crippen LogP) is 5.71. The van der Waals surface area contributed by atoms with Crippen molar-refractivity contribution in [3.8, 4) is 0 Å². The maximum absolute atomic E-state index is 13.9. The van der Waals surface area contributed by atoms with Crippen molar-refractivity contribution in [2.45, 2.75) is 48.5 Å². The van der Waals surface area contributed by atoms with E-state index in [0.29, 0.717) is 0 Å². The quantitative estimate of drug-likeness (QED) is 0.315. The lowest BCUT2D eigenvalue weighted by Crippen LogP contribution is -2.76. The molecule has 1 atom stereocenters. The van der Waals surface area contributed by atoms with E-state index in [4.69, 9.17) is 11.1 Å². The summed E-state index contributed by atoms with van der Waals surface area (Å²) in [5.41, 5.74) is 0. The molecule has 0 aromatic carbocycles. The van der Waals surface area contributed by atoms with Crippen molar-refractivity contribution in [1.29, 1.82) is 0 Å². The molecule has 0 N–H and O–H groups in total. The second-order valence-electron chi connectivity index (χ2n) is 4.85. The van der Waals surface area contributed by atoms with Gasteiger partial charge in [-0.15, -0.1) is 0 Å². The van der Waals surface area contributed by atoms with Gasteiger partial charge in [0.2, 0.25) is 7.38 Å². The maximum atomic E-state index is 13.9. The Balaban J connectivity index is 6.65. The average Bonchev–Trinajstić information content (AvgIpc) is 2.22. The zero-order chi connectivity index (χ0) is 19.5. The first-order valence-corrected chi connectivity index (χ1v) is 9.16. The van der Waals surface area contributed by atoms with E-state index in [2.05, 4.69) is 0 Å². The van der Waals surface area contributed by atoms with E-state index in [-0.39, 0.29) is 13.1 Å². The summed E-state index contributed by atoms with van der Waals surface area (Å²) in [6.45, 7) is -0.199. The van der Waals surface area contributed by atoms with E-state index in [1.54, 1.807) is 0 Å². The summed E-state index contributed by atoms with van der Waals surface area (Å²) in [6.07, 6.45) is -14.3. The van der Waals surface area contributed by atoms with E-state index in [0.717, 1.165) is 0 Å². The molecule has 0 radical (unpaired) electrons. The first-order valence-electron chi connectivity index (χ1n) is 5.15. The lowest BCUT2D eigenvalue weighted by Gasteiger charge is -2.45. The van der Waals surface area contributed by atoms with Crippen molar-refractivity contribution in [1.82, 2.24) is 0 Å². The van der Waals surface area contributed by atoms with Gasteiger partial charge in [-0.25, -0.2) is 4.39 Å². The maximum Gasteiger partial charge on any atom is 0.460 e. The Bertz CT molecular complexity index is 428. The zero-order valence-corrected chi connectivity index (χ0v) is 12.5. The Morgan fingerprint density at radius 2 is 0.826 bits per heavy atom. The van der Waals surface area contributed by atoms with Crippen LogP contribution >= 0.6 is 11.1 Å². The van der Waals surface area contributed by atoms with Crippen LogP contribution in [-0.2, 0) is 0 Å². The molecule has 0 spiro atoms. The molecule has 0 saturated heterocycles. The van der Waals surface area contributed by atoms with Crippen LogP contribution in [0.1, 0.15) is 0 Å². The molecule has 0 amide bonds. The molecular formula is C8H6ClF13Si. The van der Waals surface area contributed by atoms with Gasteiger partial charge in [-0.1, -0.05) is 13.1 Å². The van der Waals surface area contributed by atoms with Crippen LogP contribution in [0.15, 0.2) is 0 Å². The van der Waals surface area contributed by atoms with Gasteiger partial charge >= 0.3 is 30.1 Å². The van der Waals surface area contributed by atoms with Gasteiger partial charge in [-0.3, -0.25) is 0 Å². The molecule has 0 aromatic heterocycles. The Morgan fingerprint density at radius 1 is 0.522 bits per heavy atom. The molecule has 0 aliphatic heterocycles. The molecular weight excluding hydrogens is 407 g/mol. The summed E-state index contributed by atoms with van der Waals surface area (Å²) in [6, 6.07) is 0. The van der Waals surface area contributed by atoms with Crippen LogP contribution in [0.4, 0.5) is 57.1 Å². The molecule has 23 heavy (non-hydrogen) atoms. The molecule has 0 heterocycles. The number of hydrogen-bond donors (Lipinski definition) is 0. The Morgan fingerprint density at radius 3 is 1.00 bits per heavy atom. The highest BCUT2D eigenvalue weighted by molar-refractivity contribution is 7.20. The van der Waals surface area contributed by atoms with Crippen molar-refractivity contribution in [3.05, 3.63) is 0 Å². The first-order chi connectivity index (χ1) is 9.50. The van der Waals surface area contributed by atoms with Gasteiger partial charge in [0.25, 0.3) is 5.29 Å². The van der Waals surface area contributed by atoms with Crippen molar-refractivity contribution in [2.24, 2.45) is 0 Å². The van der Waals surface area contributed by atoms with Crippen molar-refractivity contribution < 1.29 is 57.1 Å². The fraction of sp³-hybridized carbons (Fsp3) is 1.00. The van der Waals surface area contributed by atoms with Crippen LogP contribution in [-0.4, -0.2) is 42.8 Å². The second kappa shape index (κ2) is 5.30. The van der Waals surface area contributed by atoms with Gasteiger partial charge < -0.3 is 0 Å². The highest BCUT2D eigenvalue weighted by Crippen LogP contribution is 2.62. The third-order valence-corrected chi connectivity index (χ3v) is 5.80. The molecule has 0 saturated carbocycles. The van der Waals surface area contributed by atoms with Gasteiger partial charge in [0.15, 0.2) is 0 Å². The normalized spacial score (nSPS) is 18.8. The standard InChI is InChI=1S/C8H6ClF13Si/c1-23(2,9)6(16,8(20,21)22)4(12,13)3(10,11)5(14,15)7(17,18)19/h1-2H3. The first kappa shape index (κ1) is 22.6. The smallest absolute Gasteiger partial charge is 0.229 e. The van der Waals surface area contributed by atoms with Crippen molar-refractivity contribution in [2.75, 3.05) is 0 Å². The molecule has 0 bridgehead atoms. The number of hydrogen-bond acceptors (Lipinski definition) is 0.